The lowest BCUT2D eigenvalue weighted by molar-refractivity contribution is -0.870. The first kappa shape index (κ1) is 93.1. The molecule has 0 spiro atoms. The summed E-state index contributed by atoms with van der Waals surface area (Å²) >= 11 is 0. The second kappa shape index (κ2) is 76.3. The average Bonchev–Trinajstić information content (AvgIpc) is 1.08. The predicted molar refractivity (Wildman–Crippen MR) is 424 cm³/mol. The highest BCUT2D eigenvalue weighted by Crippen LogP contribution is 2.38. The number of carbonyl (C=O) groups is 2. The number of rotatable bonds is 71. The standard InChI is InChI=1S/C88H146NO8P/c1-6-8-10-12-14-16-18-20-22-24-26-28-30-32-34-36-38-40-41-42-43-44-45-46-47-49-51-53-55-57-59-61-63-65-67-69-71-73-75-77-79-81-88(91)97-86(85-96-98(92,93)95-83-82-89(3,4)5)84-94-87(90)80-78-76-74-72-70-68-66-64-62-60-58-56-54-52-50-48-39-37-35-33-31-29-27-25-23-21-19-17-15-13-11-9-7-2/h8,10,14,16,19-22,25-28,31-34,38,40,42-43,45-46,49,51,55,57,61,63,67,69,86H,6-7,9,11-13,15,17-18,23-24,29-30,35-37,39,41,44,47-48,50,52-54,56,58-60,62,64-66,68,70-85H2,1-5H3/b10-8-,16-14-,21-19-,22-20-,27-25-,28-26-,33-31-,34-32-,40-38-,43-42-,46-45-,51-49-,57-55-,63-61-,69-67-. The normalized spacial score (nSPS) is 14.1. The molecular weight excluding hydrogens is 1230 g/mol. The van der Waals surface area contributed by atoms with Crippen molar-refractivity contribution >= 4 is 19.8 Å². The first-order valence-corrected chi connectivity index (χ1v) is 41.0. The van der Waals surface area contributed by atoms with Crippen LogP contribution in [0, 0.1) is 0 Å². The molecule has 9 nitrogen and oxygen atoms in total. The smallest absolute Gasteiger partial charge is 0.306 e. The largest absolute Gasteiger partial charge is 0.756 e. The molecule has 0 aliphatic rings. The van der Waals surface area contributed by atoms with Gasteiger partial charge in [-0.1, -0.05) is 337 Å². The van der Waals surface area contributed by atoms with E-state index in [1.807, 2.05) is 21.1 Å². The minimum Gasteiger partial charge on any atom is -0.756 e. The molecule has 0 fully saturated rings. The van der Waals surface area contributed by atoms with Crippen molar-refractivity contribution in [1.29, 1.82) is 0 Å². The van der Waals surface area contributed by atoms with Crippen LogP contribution < -0.4 is 4.89 Å². The molecule has 0 aromatic carbocycles. The number of phosphoric ester groups is 1. The highest BCUT2D eigenvalue weighted by Gasteiger charge is 2.22. The maximum Gasteiger partial charge on any atom is 0.306 e. The van der Waals surface area contributed by atoms with E-state index in [-0.39, 0.29) is 26.1 Å². The number of nitrogens with zero attached hydrogens (tertiary/aromatic N) is 1. The molecular formula is C88H146NO8P. The lowest BCUT2D eigenvalue weighted by Gasteiger charge is -2.28. The van der Waals surface area contributed by atoms with E-state index in [0.717, 1.165) is 135 Å². The van der Waals surface area contributed by atoms with Gasteiger partial charge in [-0.15, -0.1) is 0 Å². The van der Waals surface area contributed by atoms with E-state index in [1.165, 1.54) is 141 Å². The minimum absolute atomic E-state index is 0.0443. The van der Waals surface area contributed by atoms with Gasteiger partial charge in [0.2, 0.25) is 0 Å². The van der Waals surface area contributed by atoms with Gasteiger partial charge in [-0.05, 0) is 141 Å². The Morgan fingerprint density at radius 2 is 0.582 bits per heavy atom. The van der Waals surface area contributed by atoms with Gasteiger partial charge >= 0.3 is 11.9 Å². The first-order chi connectivity index (χ1) is 48.0. The van der Waals surface area contributed by atoms with Gasteiger partial charge in [-0.25, -0.2) is 0 Å². The third-order valence-electron chi connectivity index (χ3n) is 16.4. The van der Waals surface area contributed by atoms with E-state index >= 15 is 0 Å². The van der Waals surface area contributed by atoms with Gasteiger partial charge in [0, 0.05) is 12.8 Å². The van der Waals surface area contributed by atoms with E-state index in [2.05, 4.69) is 196 Å². The molecule has 0 aliphatic carbocycles. The molecule has 0 aromatic rings. The quantitative estimate of drug-likeness (QED) is 0.0195. The molecule has 10 heteroatoms. The molecule has 2 unspecified atom stereocenters. The van der Waals surface area contributed by atoms with Crippen molar-refractivity contribution in [3.05, 3.63) is 182 Å². The molecule has 2 atom stereocenters. The van der Waals surface area contributed by atoms with Crippen LogP contribution in [-0.4, -0.2) is 70.0 Å². The number of esters is 2. The first-order valence-electron chi connectivity index (χ1n) is 39.5. The molecule has 0 saturated heterocycles. The Kier molecular flexibility index (Phi) is 72.5. The summed E-state index contributed by atoms with van der Waals surface area (Å²) in [4.78, 5) is 38.2. The minimum atomic E-state index is -4.67. The number of hydrogen-bond donors (Lipinski definition) is 0. The second-order valence-electron chi connectivity index (χ2n) is 27.0. The Morgan fingerprint density at radius 1 is 0.327 bits per heavy atom. The Labute approximate surface area is 603 Å². The summed E-state index contributed by atoms with van der Waals surface area (Å²) in [7, 11) is 1.13. The maximum atomic E-state index is 12.9. The van der Waals surface area contributed by atoms with Crippen LogP contribution >= 0.6 is 7.82 Å². The fourth-order valence-corrected chi connectivity index (χ4v) is 11.1. The summed E-state index contributed by atoms with van der Waals surface area (Å²) in [5.41, 5.74) is 0. The van der Waals surface area contributed by atoms with Crippen LogP contribution in [0.5, 0.6) is 0 Å². The summed E-state index contributed by atoms with van der Waals surface area (Å²) in [5.74, 6) is -0.866. The number of phosphoric acid groups is 1. The maximum absolute atomic E-state index is 12.9. The lowest BCUT2D eigenvalue weighted by Crippen LogP contribution is -2.37. The van der Waals surface area contributed by atoms with Gasteiger partial charge in [0.15, 0.2) is 6.10 Å². The molecule has 0 heterocycles. The van der Waals surface area contributed by atoms with Gasteiger partial charge in [0.05, 0.1) is 27.7 Å². The van der Waals surface area contributed by atoms with Crippen LogP contribution in [-0.2, 0) is 32.7 Å². The second-order valence-corrected chi connectivity index (χ2v) is 28.4. The number of quaternary nitrogens is 1. The monoisotopic (exact) mass is 1380 g/mol. The fourth-order valence-electron chi connectivity index (χ4n) is 10.4. The van der Waals surface area contributed by atoms with E-state index in [9.17, 15) is 19.0 Å². The van der Waals surface area contributed by atoms with Crippen LogP contribution in [0.3, 0.4) is 0 Å². The van der Waals surface area contributed by atoms with Gasteiger partial charge in [0.1, 0.15) is 19.8 Å². The van der Waals surface area contributed by atoms with Crippen molar-refractivity contribution in [2.75, 3.05) is 47.5 Å². The topological polar surface area (TPSA) is 111 Å². The summed E-state index contributed by atoms with van der Waals surface area (Å²) in [6, 6.07) is 0. The van der Waals surface area contributed by atoms with E-state index in [0.29, 0.717) is 17.4 Å². The molecule has 0 amide bonds. The Hall–Kier alpha value is -4.89. The summed E-state index contributed by atoms with van der Waals surface area (Å²) in [6.07, 6.45) is 117. The molecule has 98 heavy (non-hydrogen) atoms. The van der Waals surface area contributed by atoms with Crippen LogP contribution in [0.1, 0.15) is 309 Å². The van der Waals surface area contributed by atoms with Gasteiger partial charge < -0.3 is 27.9 Å². The van der Waals surface area contributed by atoms with Crippen molar-refractivity contribution < 1.29 is 42.1 Å². The molecule has 0 aliphatic heterocycles. The Bertz CT molecular complexity index is 2320. The van der Waals surface area contributed by atoms with E-state index < -0.39 is 32.5 Å². The number of ether oxygens (including phenoxy) is 2. The number of hydrogen-bond acceptors (Lipinski definition) is 8. The number of likely N-dealkylation sites (N-methyl/N-ethyl adjacent to an activating group) is 1. The van der Waals surface area contributed by atoms with Crippen molar-refractivity contribution in [3.8, 4) is 0 Å². The molecule has 0 rings (SSSR count). The number of unbranched alkanes of at least 4 members (excludes halogenated alkanes) is 27. The van der Waals surface area contributed by atoms with E-state index in [1.54, 1.807) is 0 Å². The zero-order chi connectivity index (χ0) is 71.1. The molecule has 0 N–H and O–H groups in total. The van der Waals surface area contributed by atoms with Crippen LogP contribution in [0.15, 0.2) is 182 Å². The molecule has 0 saturated carbocycles. The highest BCUT2D eigenvalue weighted by atomic mass is 31.2. The SMILES string of the molecule is CC/C=C\C/C=C\C/C=C\C/C=C\C/C=C\C/C=C\C/C=C\C/C=C\C/C=C\C/C=C\C/C=C\C/C=C\CCCCCCC(=O)OC(COC(=O)CCCCCCCCCCCCCCCCCCCC/C=C\C/C=C\C/C=C\CCCCCCC)COP(=O)([O-])OCC[N+](C)(C)C. The average molecular weight is 1380 g/mol. The number of carbonyl (C=O) groups excluding carboxylic acids is 2. The zero-order valence-electron chi connectivity index (χ0n) is 63.4. The van der Waals surface area contributed by atoms with Gasteiger partial charge in [0.25, 0.3) is 7.82 Å². The van der Waals surface area contributed by atoms with Gasteiger partial charge in [-0.2, -0.15) is 0 Å². The predicted octanol–water partition coefficient (Wildman–Crippen LogP) is 26.0. The lowest BCUT2D eigenvalue weighted by atomic mass is 10.0. The molecule has 0 radical (unpaired) electrons. The van der Waals surface area contributed by atoms with Crippen LogP contribution in [0.2, 0.25) is 0 Å². The van der Waals surface area contributed by atoms with Crippen molar-refractivity contribution in [3.63, 3.8) is 0 Å². The van der Waals surface area contributed by atoms with Crippen LogP contribution in [0.25, 0.3) is 0 Å². The Balaban J connectivity index is 4.11. The molecule has 0 aromatic heterocycles. The van der Waals surface area contributed by atoms with Crippen molar-refractivity contribution in [2.24, 2.45) is 0 Å². The summed E-state index contributed by atoms with van der Waals surface area (Å²) < 4.78 is 34.3. The fraction of sp³-hybridized carbons (Fsp3) is 0.636. The van der Waals surface area contributed by atoms with Crippen molar-refractivity contribution in [1.82, 2.24) is 0 Å². The third-order valence-corrected chi connectivity index (χ3v) is 17.4. The van der Waals surface area contributed by atoms with Gasteiger partial charge in [-0.3, -0.25) is 14.2 Å². The van der Waals surface area contributed by atoms with Crippen molar-refractivity contribution in [2.45, 2.75) is 315 Å². The summed E-state index contributed by atoms with van der Waals surface area (Å²) in [6.45, 7) is 4.09. The Morgan fingerprint density at radius 3 is 0.867 bits per heavy atom. The van der Waals surface area contributed by atoms with Crippen LogP contribution in [0.4, 0.5) is 0 Å². The highest BCUT2D eigenvalue weighted by molar-refractivity contribution is 7.45. The zero-order valence-corrected chi connectivity index (χ0v) is 64.3. The molecule has 556 valence electrons. The molecule has 0 bridgehead atoms. The number of allylic oxidation sites excluding steroid dienone is 30. The third kappa shape index (κ3) is 80.1. The summed E-state index contributed by atoms with van der Waals surface area (Å²) in [5, 5.41) is 0. The van der Waals surface area contributed by atoms with E-state index in [4.69, 9.17) is 18.5 Å².